The minimum absolute atomic E-state index is 0.113. The molecule has 1 amide bonds. The molecule has 0 atom stereocenters. The Labute approximate surface area is 141 Å². The van der Waals surface area contributed by atoms with Crippen molar-refractivity contribution in [3.05, 3.63) is 53.6 Å². The number of carbonyl (C=O) groups excluding carboxylic acids is 1. The molecule has 126 valence electrons. The highest BCUT2D eigenvalue weighted by atomic mass is 16.5. The zero-order chi connectivity index (χ0) is 17.4. The molecule has 0 spiro atoms. The number of nitrogens with zero attached hydrogens (tertiary/aromatic N) is 1. The Morgan fingerprint density at radius 2 is 2.04 bits per heavy atom. The van der Waals surface area contributed by atoms with Gasteiger partial charge in [-0.15, -0.1) is 0 Å². The molecule has 0 saturated carbocycles. The highest BCUT2D eigenvalue weighted by Crippen LogP contribution is 2.28. The zero-order valence-electron chi connectivity index (χ0n) is 13.8. The smallest absolute Gasteiger partial charge is 0.262 e. The average molecular weight is 327 g/mol. The summed E-state index contributed by atoms with van der Waals surface area (Å²) in [7, 11) is 0. The van der Waals surface area contributed by atoms with Crippen LogP contribution in [0.15, 0.2) is 47.6 Å². The van der Waals surface area contributed by atoms with E-state index >= 15 is 0 Å². The van der Waals surface area contributed by atoms with Crippen molar-refractivity contribution in [3.8, 4) is 11.5 Å². The van der Waals surface area contributed by atoms with Crippen LogP contribution in [0.5, 0.6) is 11.5 Å². The fourth-order valence-electron chi connectivity index (χ4n) is 2.14. The van der Waals surface area contributed by atoms with Crippen molar-refractivity contribution >= 4 is 17.8 Å². The van der Waals surface area contributed by atoms with Crippen molar-refractivity contribution in [2.24, 2.45) is 10.9 Å². The Kier molecular flexibility index (Phi) is 6.19. The second-order valence-corrected chi connectivity index (χ2v) is 5.12. The molecule has 0 aliphatic rings. The van der Waals surface area contributed by atoms with Crippen molar-refractivity contribution in [2.75, 3.05) is 18.5 Å². The van der Waals surface area contributed by atoms with Crippen LogP contribution in [-0.2, 0) is 4.79 Å². The van der Waals surface area contributed by atoms with Gasteiger partial charge < -0.3 is 20.6 Å². The summed E-state index contributed by atoms with van der Waals surface area (Å²) in [6.45, 7) is 4.21. The molecule has 6 heteroatoms. The molecular weight excluding hydrogens is 306 g/mol. The lowest BCUT2D eigenvalue weighted by atomic mass is 10.2. The topological polar surface area (TPSA) is 85.9 Å². The second kappa shape index (κ2) is 8.57. The molecule has 3 N–H and O–H groups in total. The molecule has 0 saturated heterocycles. The van der Waals surface area contributed by atoms with E-state index in [9.17, 15) is 4.79 Å². The summed E-state index contributed by atoms with van der Waals surface area (Å²) >= 11 is 0. The quantitative estimate of drug-likeness (QED) is 0.465. The minimum Gasteiger partial charge on any atom is -0.490 e. The fraction of sp³-hybridized carbons (Fsp3) is 0.222. The van der Waals surface area contributed by atoms with Crippen molar-refractivity contribution < 1.29 is 14.3 Å². The Morgan fingerprint density at radius 3 is 2.75 bits per heavy atom. The van der Waals surface area contributed by atoms with E-state index in [0.29, 0.717) is 18.1 Å². The van der Waals surface area contributed by atoms with E-state index in [-0.39, 0.29) is 12.5 Å². The van der Waals surface area contributed by atoms with Crippen molar-refractivity contribution in [1.29, 1.82) is 0 Å². The van der Waals surface area contributed by atoms with Crippen LogP contribution in [0.4, 0.5) is 5.69 Å². The van der Waals surface area contributed by atoms with Gasteiger partial charge in [0.2, 0.25) is 0 Å². The maximum atomic E-state index is 12.0. The monoisotopic (exact) mass is 327 g/mol. The number of nitrogens with two attached hydrogens (primary N) is 1. The van der Waals surface area contributed by atoms with Gasteiger partial charge in [0.25, 0.3) is 5.91 Å². The summed E-state index contributed by atoms with van der Waals surface area (Å²) in [5.41, 5.74) is 2.60. The first-order valence-electron chi connectivity index (χ1n) is 7.61. The summed E-state index contributed by atoms with van der Waals surface area (Å²) in [6.07, 6.45) is 1.51. The Hall–Kier alpha value is -3.02. The molecule has 0 bridgehead atoms. The van der Waals surface area contributed by atoms with Gasteiger partial charge in [-0.1, -0.05) is 12.1 Å². The first-order chi connectivity index (χ1) is 11.6. The first-order valence-corrected chi connectivity index (χ1v) is 7.61. The third-order valence-electron chi connectivity index (χ3n) is 3.15. The van der Waals surface area contributed by atoms with Crippen LogP contribution in [0.1, 0.15) is 18.1 Å². The third-order valence-corrected chi connectivity index (χ3v) is 3.15. The van der Waals surface area contributed by atoms with Crippen molar-refractivity contribution in [1.82, 2.24) is 0 Å². The van der Waals surface area contributed by atoms with Crippen molar-refractivity contribution in [3.63, 3.8) is 0 Å². The number of nitrogens with one attached hydrogen (secondary N) is 1. The van der Waals surface area contributed by atoms with Crippen LogP contribution >= 0.6 is 0 Å². The van der Waals surface area contributed by atoms with Crippen LogP contribution in [0.25, 0.3) is 0 Å². The van der Waals surface area contributed by atoms with Gasteiger partial charge in [0.15, 0.2) is 18.1 Å². The molecule has 0 fully saturated rings. The first kappa shape index (κ1) is 17.3. The molecule has 2 aromatic rings. The number of aryl methyl sites for hydroxylation is 1. The van der Waals surface area contributed by atoms with Gasteiger partial charge in [0.1, 0.15) is 0 Å². The maximum Gasteiger partial charge on any atom is 0.262 e. The summed E-state index contributed by atoms with van der Waals surface area (Å²) in [4.78, 5) is 12.0. The van der Waals surface area contributed by atoms with Crippen LogP contribution in [0, 0.1) is 6.92 Å². The number of carbonyl (C=O) groups is 1. The van der Waals surface area contributed by atoms with Gasteiger partial charge in [0.05, 0.1) is 12.8 Å². The minimum atomic E-state index is -0.240. The fourth-order valence-corrected chi connectivity index (χ4v) is 2.14. The highest BCUT2D eigenvalue weighted by molar-refractivity contribution is 5.92. The number of rotatable bonds is 7. The molecule has 0 aliphatic carbocycles. The predicted molar refractivity (Wildman–Crippen MR) is 94.7 cm³/mol. The second-order valence-electron chi connectivity index (χ2n) is 5.12. The number of benzene rings is 2. The largest absolute Gasteiger partial charge is 0.490 e. The molecule has 24 heavy (non-hydrogen) atoms. The summed E-state index contributed by atoms with van der Waals surface area (Å²) < 4.78 is 11.1. The van der Waals surface area contributed by atoms with Gasteiger partial charge in [-0.2, -0.15) is 5.10 Å². The third kappa shape index (κ3) is 5.01. The molecule has 2 aromatic carbocycles. The Balaban J connectivity index is 2.01. The SMILES string of the molecule is CCOc1cc(C=NN)ccc1OCC(=O)Nc1cccc(C)c1. The highest BCUT2D eigenvalue weighted by Gasteiger charge is 2.09. The summed E-state index contributed by atoms with van der Waals surface area (Å²) in [5.74, 6) is 5.94. The molecule has 6 nitrogen and oxygen atoms in total. The number of hydrogen-bond acceptors (Lipinski definition) is 5. The Morgan fingerprint density at radius 1 is 1.21 bits per heavy atom. The van der Waals surface area contributed by atoms with E-state index in [1.54, 1.807) is 18.2 Å². The van der Waals surface area contributed by atoms with E-state index in [0.717, 1.165) is 16.8 Å². The van der Waals surface area contributed by atoms with Gasteiger partial charge in [-0.3, -0.25) is 4.79 Å². The molecule has 0 aromatic heterocycles. The number of hydrazone groups is 1. The lowest BCUT2D eigenvalue weighted by Crippen LogP contribution is -2.20. The molecule has 0 unspecified atom stereocenters. The standard InChI is InChI=1S/C18H21N3O3/c1-3-23-17-10-14(11-20-19)7-8-16(17)24-12-18(22)21-15-6-4-5-13(2)9-15/h4-11H,3,12,19H2,1-2H3,(H,21,22). The Bertz CT molecular complexity index is 729. The van der Waals surface area contributed by atoms with Gasteiger partial charge >= 0.3 is 0 Å². The molecule has 2 rings (SSSR count). The van der Waals surface area contributed by atoms with Gasteiger partial charge in [-0.05, 0) is 55.3 Å². The van der Waals surface area contributed by atoms with Gasteiger partial charge in [0, 0.05) is 5.69 Å². The van der Waals surface area contributed by atoms with Gasteiger partial charge in [-0.25, -0.2) is 0 Å². The number of amides is 1. The molecule has 0 radical (unpaired) electrons. The zero-order valence-corrected chi connectivity index (χ0v) is 13.8. The summed E-state index contributed by atoms with van der Waals surface area (Å²) in [5, 5.41) is 6.27. The van der Waals surface area contributed by atoms with Crippen LogP contribution in [0.2, 0.25) is 0 Å². The van der Waals surface area contributed by atoms with Crippen LogP contribution < -0.4 is 20.6 Å². The molecule has 0 aliphatic heterocycles. The lowest BCUT2D eigenvalue weighted by Gasteiger charge is -2.12. The number of anilines is 1. The predicted octanol–water partition coefficient (Wildman–Crippen LogP) is 2.70. The van der Waals surface area contributed by atoms with E-state index in [1.807, 2.05) is 38.1 Å². The normalized spacial score (nSPS) is 10.6. The molecule has 0 heterocycles. The van der Waals surface area contributed by atoms with Crippen LogP contribution in [-0.4, -0.2) is 25.3 Å². The molecular formula is C18H21N3O3. The maximum absolute atomic E-state index is 12.0. The summed E-state index contributed by atoms with van der Waals surface area (Å²) in [6, 6.07) is 12.8. The number of ether oxygens (including phenoxy) is 2. The van der Waals surface area contributed by atoms with Crippen molar-refractivity contribution in [2.45, 2.75) is 13.8 Å². The van der Waals surface area contributed by atoms with Crippen LogP contribution in [0.3, 0.4) is 0 Å². The number of hydrogen-bond donors (Lipinski definition) is 2. The van der Waals surface area contributed by atoms with E-state index < -0.39 is 0 Å². The van der Waals surface area contributed by atoms with E-state index in [1.165, 1.54) is 6.21 Å². The van der Waals surface area contributed by atoms with E-state index in [4.69, 9.17) is 15.3 Å². The lowest BCUT2D eigenvalue weighted by molar-refractivity contribution is -0.118. The average Bonchev–Trinajstić information content (AvgIpc) is 2.55. The van der Waals surface area contributed by atoms with E-state index in [2.05, 4.69) is 10.4 Å².